The van der Waals surface area contributed by atoms with Gasteiger partial charge in [0, 0.05) is 17.7 Å². The van der Waals surface area contributed by atoms with Crippen LogP contribution in [0.2, 0.25) is 0 Å². The third-order valence-electron chi connectivity index (χ3n) is 2.94. The highest BCUT2D eigenvalue weighted by Gasteiger charge is 2.10. The number of nitrogens with one attached hydrogen (secondary N) is 1. The molecule has 8 nitrogen and oxygen atoms in total. The number of nitrogens with zero attached hydrogens (tertiary/aromatic N) is 1. The van der Waals surface area contributed by atoms with E-state index in [-0.39, 0.29) is 11.6 Å². The zero-order valence-corrected chi connectivity index (χ0v) is 12.1. The number of amides is 1. The molecule has 0 saturated carbocycles. The molecule has 0 atom stereocenters. The molecule has 0 bridgehead atoms. The maximum atomic E-state index is 11.8. The largest absolute Gasteiger partial charge is 0.353 e. The van der Waals surface area contributed by atoms with Crippen molar-refractivity contribution in [2.75, 3.05) is 39.3 Å². The second-order valence-corrected chi connectivity index (χ2v) is 4.65. The number of nitro benzene ring substituents is 1. The molecule has 0 fully saturated rings. The Morgan fingerprint density at radius 2 is 1.95 bits per heavy atom. The summed E-state index contributed by atoms with van der Waals surface area (Å²) in [5.74, 6) is -0.282. The summed E-state index contributed by atoms with van der Waals surface area (Å²) in [5, 5.41) is 17.7. The van der Waals surface area contributed by atoms with E-state index < -0.39 is 4.92 Å². The molecule has 1 aromatic carbocycles. The zero-order valence-electron chi connectivity index (χ0n) is 12.1. The van der Waals surface area contributed by atoms with Crippen molar-refractivity contribution < 1.29 is 26.1 Å². The summed E-state index contributed by atoms with van der Waals surface area (Å²) in [6.07, 6.45) is 0. The van der Waals surface area contributed by atoms with E-state index in [2.05, 4.69) is 21.7 Å². The molecule has 1 aromatic rings. The van der Waals surface area contributed by atoms with Crippen LogP contribution in [0.15, 0.2) is 24.3 Å². The predicted octanol–water partition coefficient (Wildman–Crippen LogP) is -3.31. The van der Waals surface area contributed by atoms with Gasteiger partial charge in [0.2, 0.25) is 0 Å². The molecule has 0 unspecified atom stereocenters. The van der Waals surface area contributed by atoms with Crippen molar-refractivity contribution in [2.45, 2.75) is 0 Å². The van der Waals surface area contributed by atoms with Gasteiger partial charge in [-0.25, -0.2) is 0 Å². The molecule has 0 radical (unpaired) electrons. The second-order valence-electron chi connectivity index (χ2n) is 4.65. The van der Waals surface area contributed by atoms with Gasteiger partial charge in [-0.3, -0.25) is 14.9 Å². The number of non-ortho nitro benzene ring substituents is 1. The van der Waals surface area contributed by atoms with Crippen LogP contribution >= 0.6 is 0 Å². The van der Waals surface area contributed by atoms with Gasteiger partial charge in [0.05, 0.1) is 18.0 Å². The van der Waals surface area contributed by atoms with Crippen LogP contribution in [0.3, 0.4) is 0 Å². The fraction of sp³-hybridized carbons (Fsp3) is 0.462. The molecule has 21 heavy (non-hydrogen) atoms. The van der Waals surface area contributed by atoms with Crippen molar-refractivity contribution in [3.8, 4) is 0 Å². The van der Waals surface area contributed by atoms with E-state index in [1.54, 1.807) is 6.07 Å². The molecule has 116 valence electrons. The molecule has 1 amide bonds. The Morgan fingerprint density at radius 1 is 1.24 bits per heavy atom. The van der Waals surface area contributed by atoms with Gasteiger partial charge in [-0.15, -0.1) is 0 Å². The molecular weight excluding hydrogens is 274 g/mol. The van der Waals surface area contributed by atoms with Crippen molar-refractivity contribution in [1.82, 2.24) is 5.32 Å². The van der Waals surface area contributed by atoms with E-state index in [1.807, 2.05) is 0 Å². The minimum atomic E-state index is -0.507. The minimum Gasteiger partial charge on any atom is -0.353 e. The molecule has 0 aromatic heterocycles. The van der Waals surface area contributed by atoms with Crippen LogP contribution in [-0.4, -0.2) is 50.1 Å². The standard InChI is InChI=1S/C13H21N5O3/c14-4-5-15-6-7-16-8-9-17-13(19)11-2-1-3-12(10-11)18(20)21/h1-3,10,15-16H,4-9,14H2,(H,17,19)/p+3. The lowest BCUT2D eigenvalue weighted by Gasteiger charge is -2.04. The summed E-state index contributed by atoms with van der Waals surface area (Å²) in [7, 11) is 0. The zero-order chi connectivity index (χ0) is 15.5. The summed E-state index contributed by atoms with van der Waals surface area (Å²) in [6, 6.07) is 5.73. The highest BCUT2D eigenvalue weighted by atomic mass is 16.6. The van der Waals surface area contributed by atoms with Gasteiger partial charge in [0.15, 0.2) is 0 Å². The van der Waals surface area contributed by atoms with E-state index in [0.717, 1.165) is 32.7 Å². The first-order valence-corrected chi connectivity index (χ1v) is 7.10. The third-order valence-corrected chi connectivity index (χ3v) is 2.94. The average Bonchev–Trinajstić information content (AvgIpc) is 2.49. The van der Waals surface area contributed by atoms with Gasteiger partial charge in [-0.1, -0.05) is 6.07 Å². The maximum Gasteiger partial charge on any atom is 0.270 e. The van der Waals surface area contributed by atoms with Gasteiger partial charge in [-0.05, 0) is 6.07 Å². The van der Waals surface area contributed by atoms with Gasteiger partial charge in [0.25, 0.3) is 11.6 Å². The lowest BCUT2D eigenvalue weighted by molar-refractivity contribution is -0.728. The Labute approximate surface area is 123 Å². The van der Waals surface area contributed by atoms with Crippen molar-refractivity contribution in [2.24, 2.45) is 0 Å². The summed E-state index contributed by atoms with van der Waals surface area (Å²) in [4.78, 5) is 22.0. The van der Waals surface area contributed by atoms with Crippen molar-refractivity contribution >= 4 is 11.6 Å². The van der Waals surface area contributed by atoms with Crippen LogP contribution in [0.5, 0.6) is 0 Å². The number of carbonyl (C=O) groups is 1. The first-order valence-electron chi connectivity index (χ1n) is 7.10. The maximum absolute atomic E-state index is 11.8. The fourth-order valence-corrected chi connectivity index (χ4v) is 1.82. The first-order chi connectivity index (χ1) is 10.1. The first kappa shape index (κ1) is 17.0. The van der Waals surface area contributed by atoms with Gasteiger partial charge in [-0.2, -0.15) is 0 Å². The van der Waals surface area contributed by atoms with Crippen LogP contribution in [0.4, 0.5) is 5.69 Å². The molecule has 1 rings (SSSR count). The van der Waals surface area contributed by atoms with E-state index >= 15 is 0 Å². The van der Waals surface area contributed by atoms with E-state index in [4.69, 9.17) is 0 Å². The summed E-state index contributed by atoms with van der Waals surface area (Å²) in [6.45, 7) is 5.33. The summed E-state index contributed by atoms with van der Waals surface area (Å²) >= 11 is 0. The number of carbonyl (C=O) groups excluding carboxylic acids is 1. The number of rotatable bonds is 10. The van der Waals surface area contributed by atoms with Gasteiger partial charge >= 0.3 is 0 Å². The highest BCUT2D eigenvalue weighted by Crippen LogP contribution is 2.12. The van der Waals surface area contributed by atoms with Crippen LogP contribution in [-0.2, 0) is 0 Å². The second kappa shape index (κ2) is 9.81. The lowest BCUT2D eigenvalue weighted by atomic mass is 10.2. The Morgan fingerprint density at radius 3 is 2.62 bits per heavy atom. The monoisotopic (exact) mass is 298 g/mol. The normalized spacial score (nSPS) is 10.3. The Balaban J connectivity index is 2.22. The summed E-state index contributed by atoms with van der Waals surface area (Å²) in [5.41, 5.74) is 4.01. The Kier molecular flexibility index (Phi) is 7.95. The minimum absolute atomic E-state index is 0.0739. The number of quaternary nitrogens is 3. The summed E-state index contributed by atoms with van der Waals surface area (Å²) < 4.78 is 0. The molecule has 8 N–H and O–H groups in total. The van der Waals surface area contributed by atoms with E-state index in [9.17, 15) is 14.9 Å². The number of hydrogen-bond donors (Lipinski definition) is 4. The predicted molar refractivity (Wildman–Crippen MR) is 76.5 cm³/mol. The van der Waals surface area contributed by atoms with Crippen LogP contribution in [0, 0.1) is 10.1 Å². The Bertz CT molecular complexity index is 467. The molecule has 0 aliphatic carbocycles. The lowest BCUT2D eigenvalue weighted by Crippen LogP contribution is -2.96. The number of nitro groups is 1. The molecule has 0 aliphatic heterocycles. The third kappa shape index (κ3) is 6.80. The number of benzene rings is 1. The quantitative estimate of drug-likeness (QED) is 0.205. The van der Waals surface area contributed by atoms with Crippen molar-refractivity contribution in [1.29, 1.82) is 0 Å². The van der Waals surface area contributed by atoms with Crippen molar-refractivity contribution in [3.05, 3.63) is 39.9 Å². The van der Waals surface area contributed by atoms with Gasteiger partial charge < -0.3 is 21.7 Å². The molecule has 0 aliphatic rings. The Hall–Kier alpha value is -2.03. The molecule has 0 heterocycles. The van der Waals surface area contributed by atoms with Crippen LogP contribution in [0.1, 0.15) is 10.4 Å². The molecular formula is C13H24N5O3+3. The highest BCUT2D eigenvalue weighted by molar-refractivity contribution is 5.94. The molecule has 0 spiro atoms. The molecule has 8 heteroatoms. The molecule has 0 saturated heterocycles. The number of hydrogen-bond acceptors (Lipinski definition) is 3. The smallest absolute Gasteiger partial charge is 0.270 e. The van der Waals surface area contributed by atoms with Gasteiger partial charge in [0.1, 0.15) is 26.2 Å². The average molecular weight is 298 g/mol. The fourth-order valence-electron chi connectivity index (χ4n) is 1.82. The van der Waals surface area contributed by atoms with E-state index in [0.29, 0.717) is 12.1 Å². The topological polar surface area (TPSA) is 133 Å². The van der Waals surface area contributed by atoms with E-state index in [1.165, 1.54) is 18.2 Å². The van der Waals surface area contributed by atoms with Crippen LogP contribution in [0.25, 0.3) is 0 Å². The SMILES string of the molecule is [NH3+]CC[NH2+]CC[NH2+]CCNC(=O)c1cccc([N+](=O)[O-])c1. The van der Waals surface area contributed by atoms with Crippen LogP contribution < -0.4 is 21.7 Å². The number of nitrogens with two attached hydrogens (primary N) is 2. The van der Waals surface area contributed by atoms with Crippen molar-refractivity contribution in [3.63, 3.8) is 0 Å².